The van der Waals surface area contributed by atoms with E-state index in [2.05, 4.69) is 39.4 Å². The van der Waals surface area contributed by atoms with Gasteiger partial charge in [0.25, 0.3) is 0 Å². The maximum Gasteiger partial charge on any atom is 0.217 e. The number of likely N-dealkylation sites (tertiary alicyclic amines) is 1. The van der Waals surface area contributed by atoms with Crippen molar-refractivity contribution in [3.05, 3.63) is 42.5 Å². The molecular formula is C19H28IN7O. The van der Waals surface area contributed by atoms with Gasteiger partial charge >= 0.3 is 0 Å². The third-order valence-electron chi connectivity index (χ3n) is 4.67. The van der Waals surface area contributed by atoms with Crippen LogP contribution in [0.2, 0.25) is 0 Å². The van der Waals surface area contributed by atoms with Gasteiger partial charge in [0, 0.05) is 26.1 Å². The number of hydrogen-bond acceptors (Lipinski definition) is 4. The second kappa shape index (κ2) is 11.0. The predicted octanol–water partition coefficient (Wildman–Crippen LogP) is 1.94. The highest BCUT2D eigenvalue weighted by Crippen LogP contribution is 2.19. The van der Waals surface area contributed by atoms with Gasteiger partial charge in [-0.2, -0.15) is 5.10 Å². The number of nitrogens with zero attached hydrogens (tertiary/aromatic N) is 5. The molecule has 1 fully saturated rings. The van der Waals surface area contributed by atoms with Crippen LogP contribution < -0.4 is 11.1 Å². The van der Waals surface area contributed by atoms with Crippen molar-refractivity contribution in [2.45, 2.75) is 32.7 Å². The van der Waals surface area contributed by atoms with Crippen molar-refractivity contribution in [1.82, 2.24) is 25.0 Å². The lowest BCUT2D eigenvalue weighted by molar-refractivity contribution is -0.119. The number of nitrogens with two attached hydrogens (primary N) is 1. The summed E-state index contributed by atoms with van der Waals surface area (Å²) in [7, 11) is 0. The summed E-state index contributed by atoms with van der Waals surface area (Å²) >= 11 is 0. The fourth-order valence-corrected chi connectivity index (χ4v) is 3.40. The maximum atomic E-state index is 11.2. The van der Waals surface area contributed by atoms with Crippen LogP contribution >= 0.6 is 24.0 Å². The van der Waals surface area contributed by atoms with Gasteiger partial charge in [-0.05, 0) is 43.4 Å². The highest BCUT2D eigenvalue weighted by Gasteiger charge is 2.23. The number of piperidine rings is 1. The van der Waals surface area contributed by atoms with Crippen LogP contribution in [0.5, 0.6) is 0 Å². The van der Waals surface area contributed by atoms with E-state index < -0.39 is 0 Å². The second-order valence-corrected chi connectivity index (χ2v) is 6.80. The molecule has 2 heterocycles. The molecule has 1 aromatic carbocycles. The number of carbonyl (C=O) groups excluding carboxylic acids is 1. The van der Waals surface area contributed by atoms with Crippen LogP contribution in [0.1, 0.15) is 31.7 Å². The van der Waals surface area contributed by atoms with E-state index in [4.69, 9.17) is 10.7 Å². The third-order valence-corrected chi connectivity index (χ3v) is 4.67. The molecular weight excluding hydrogens is 469 g/mol. The topological polar surface area (TPSA) is 101 Å². The summed E-state index contributed by atoms with van der Waals surface area (Å²) in [5, 5.41) is 7.50. The Balaban J connectivity index is 0.00000280. The van der Waals surface area contributed by atoms with Gasteiger partial charge in [0.05, 0.1) is 12.2 Å². The molecule has 1 aliphatic heterocycles. The van der Waals surface area contributed by atoms with Crippen LogP contribution in [-0.4, -0.2) is 51.2 Å². The summed E-state index contributed by atoms with van der Waals surface area (Å²) in [6.07, 6.45) is 5.73. The Bertz CT molecular complexity index is 761. The zero-order valence-electron chi connectivity index (χ0n) is 16.1. The first-order valence-electron chi connectivity index (χ1n) is 9.41. The molecule has 1 aromatic heterocycles. The molecule has 2 aromatic rings. The first-order chi connectivity index (χ1) is 13.2. The van der Waals surface area contributed by atoms with Gasteiger partial charge < -0.3 is 16.0 Å². The molecule has 1 saturated heterocycles. The van der Waals surface area contributed by atoms with Crippen molar-refractivity contribution in [1.29, 1.82) is 0 Å². The molecule has 1 aliphatic rings. The van der Waals surface area contributed by atoms with Gasteiger partial charge in [0.15, 0.2) is 5.96 Å². The number of primary amides is 1. The van der Waals surface area contributed by atoms with Gasteiger partial charge in [0.1, 0.15) is 12.7 Å². The molecule has 0 saturated carbocycles. The molecule has 8 nitrogen and oxygen atoms in total. The minimum Gasteiger partial charge on any atom is -0.370 e. The minimum absolute atomic E-state index is 0. The van der Waals surface area contributed by atoms with Crippen molar-refractivity contribution in [2.75, 3.05) is 19.6 Å². The number of aliphatic imine (C=N–C) groups is 1. The Morgan fingerprint density at radius 3 is 2.79 bits per heavy atom. The van der Waals surface area contributed by atoms with Crippen molar-refractivity contribution in [3.8, 4) is 5.69 Å². The molecule has 28 heavy (non-hydrogen) atoms. The minimum atomic E-state index is -0.226. The van der Waals surface area contributed by atoms with Gasteiger partial charge in [0.2, 0.25) is 5.91 Å². The van der Waals surface area contributed by atoms with Crippen molar-refractivity contribution < 1.29 is 4.79 Å². The lowest BCUT2D eigenvalue weighted by atomic mass is 9.95. The number of rotatable bonds is 6. The monoisotopic (exact) mass is 497 g/mol. The van der Waals surface area contributed by atoms with E-state index in [9.17, 15) is 4.79 Å². The first-order valence-corrected chi connectivity index (χ1v) is 9.41. The molecule has 0 radical (unpaired) electrons. The predicted molar refractivity (Wildman–Crippen MR) is 120 cm³/mol. The van der Waals surface area contributed by atoms with E-state index in [1.54, 1.807) is 11.0 Å². The molecule has 3 N–H and O–H groups in total. The zero-order chi connectivity index (χ0) is 19.1. The smallest absolute Gasteiger partial charge is 0.217 e. The SMILES string of the molecule is CCNC(=NCc1ccc(-n2cncn2)cc1)N1CCCC(CC(N)=O)C1.I. The van der Waals surface area contributed by atoms with Crippen LogP contribution in [0, 0.1) is 5.92 Å². The lowest BCUT2D eigenvalue weighted by Crippen LogP contribution is -2.47. The van der Waals surface area contributed by atoms with E-state index in [0.717, 1.165) is 49.7 Å². The average molecular weight is 497 g/mol. The summed E-state index contributed by atoms with van der Waals surface area (Å²) in [4.78, 5) is 22.2. The molecule has 1 atom stereocenters. The van der Waals surface area contributed by atoms with Crippen molar-refractivity contribution in [2.24, 2.45) is 16.6 Å². The number of aromatic nitrogens is 3. The van der Waals surface area contributed by atoms with E-state index >= 15 is 0 Å². The number of hydrogen-bond donors (Lipinski definition) is 2. The Labute approximate surface area is 182 Å². The number of halogens is 1. The second-order valence-electron chi connectivity index (χ2n) is 6.80. The molecule has 0 bridgehead atoms. The fourth-order valence-electron chi connectivity index (χ4n) is 3.40. The summed E-state index contributed by atoms with van der Waals surface area (Å²) in [6.45, 7) is 5.23. The Hall–Kier alpha value is -2.17. The normalized spacial score (nSPS) is 17.1. The summed E-state index contributed by atoms with van der Waals surface area (Å²) in [5.74, 6) is 0.977. The molecule has 9 heteroatoms. The van der Waals surface area contributed by atoms with Crippen LogP contribution in [-0.2, 0) is 11.3 Å². The van der Waals surface area contributed by atoms with E-state index in [-0.39, 0.29) is 29.9 Å². The van der Waals surface area contributed by atoms with Gasteiger partial charge in [-0.3, -0.25) is 4.79 Å². The van der Waals surface area contributed by atoms with Crippen LogP contribution in [0.25, 0.3) is 5.69 Å². The molecule has 1 unspecified atom stereocenters. The Morgan fingerprint density at radius 2 is 2.14 bits per heavy atom. The number of benzene rings is 1. The van der Waals surface area contributed by atoms with Crippen LogP contribution in [0.3, 0.4) is 0 Å². The quantitative estimate of drug-likeness (QED) is 0.361. The fraction of sp³-hybridized carbons (Fsp3) is 0.474. The van der Waals surface area contributed by atoms with E-state index in [1.165, 1.54) is 6.33 Å². The largest absolute Gasteiger partial charge is 0.370 e. The van der Waals surface area contributed by atoms with Gasteiger partial charge in [-0.1, -0.05) is 12.1 Å². The summed E-state index contributed by atoms with van der Waals surface area (Å²) in [6, 6.07) is 8.12. The highest BCUT2D eigenvalue weighted by atomic mass is 127. The van der Waals surface area contributed by atoms with E-state index in [0.29, 0.717) is 18.9 Å². The molecule has 152 valence electrons. The molecule has 0 aliphatic carbocycles. The highest BCUT2D eigenvalue weighted by molar-refractivity contribution is 14.0. The maximum absolute atomic E-state index is 11.2. The zero-order valence-corrected chi connectivity index (χ0v) is 18.5. The van der Waals surface area contributed by atoms with Gasteiger partial charge in [-0.15, -0.1) is 24.0 Å². The molecule has 0 spiro atoms. The first kappa shape index (κ1) is 22.1. The standard InChI is InChI=1S/C19H27N7O.HI/c1-2-22-19(25-9-3-4-16(12-25)10-18(20)27)23-11-15-5-7-17(8-6-15)26-14-21-13-24-26;/h5-8,13-14,16H,2-4,9-12H2,1H3,(H2,20,27)(H,22,23);1H. The van der Waals surface area contributed by atoms with Crippen molar-refractivity contribution in [3.63, 3.8) is 0 Å². The Kier molecular flexibility index (Phi) is 8.68. The summed E-state index contributed by atoms with van der Waals surface area (Å²) in [5.41, 5.74) is 7.47. The van der Waals surface area contributed by atoms with E-state index in [1.807, 2.05) is 12.1 Å². The van der Waals surface area contributed by atoms with Gasteiger partial charge in [-0.25, -0.2) is 14.7 Å². The number of guanidine groups is 1. The number of carbonyl (C=O) groups is 1. The van der Waals surface area contributed by atoms with Crippen LogP contribution in [0.4, 0.5) is 0 Å². The average Bonchev–Trinajstić information content (AvgIpc) is 3.20. The number of amides is 1. The van der Waals surface area contributed by atoms with Crippen LogP contribution in [0.15, 0.2) is 41.9 Å². The molecule has 1 amide bonds. The molecule has 3 rings (SSSR count). The van der Waals surface area contributed by atoms with Crippen molar-refractivity contribution >= 4 is 35.8 Å². The third kappa shape index (κ3) is 6.18. The lowest BCUT2D eigenvalue weighted by Gasteiger charge is -2.34. The number of nitrogens with one attached hydrogen (secondary N) is 1. The Morgan fingerprint density at radius 1 is 1.36 bits per heavy atom. The summed E-state index contributed by atoms with van der Waals surface area (Å²) < 4.78 is 1.73.